The number of hydrogen-bond donors (Lipinski definition) is 2. The van der Waals surface area contributed by atoms with Crippen LogP contribution in [0.25, 0.3) is 0 Å². The van der Waals surface area contributed by atoms with Crippen LogP contribution in [-0.2, 0) is 0 Å². The molecule has 62 valence electrons. The molecule has 0 atom stereocenters. The van der Waals surface area contributed by atoms with Gasteiger partial charge in [0.25, 0.3) is 0 Å². The standard InChI is InChI=1S/C6H14ClNO2/c7-1-2-8(3-5-9)4-6-10/h9-10H,1-6H2. The number of aliphatic hydroxyl groups is 2. The van der Waals surface area contributed by atoms with Crippen LogP contribution in [0.5, 0.6) is 0 Å². The summed E-state index contributed by atoms with van der Waals surface area (Å²) in [4.78, 5) is 1.91. The highest BCUT2D eigenvalue weighted by Crippen LogP contribution is 1.87. The van der Waals surface area contributed by atoms with Gasteiger partial charge in [-0.25, -0.2) is 0 Å². The highest BCUT2D eigenvalue weighted by molar-refractivity contribution is 6.18. The molecule has 0 aromatic carbocycles. The van der Waals surface area contributed by atoms with Crippen molar-refractivity contribution >= 4 is 11.6 Å². The third-order valence-electron chi connectivity index (χ3n) is 1.23. The van der Waals surface area contributed by atoms with E-state index in [9.17, 15) is 0 Å². The Hall–Kier alpha value is 0.170. The number of nitrogens with zero attached hydrogens (tertiary/aromatic N) is 1. The van der Waals surface area contributed by atoms with Crippen molar-refractivity contribution < 1.29 is 10.2 Å². The van der Waals surface area contributed by atoms with E-state index in [4.69, 9.17) is 21.8 Å². The van der Waals surface area contributed by atoms with Gasteiger partial charge in [-0.15, -0.1) is 11.6 Å². The van der Waals surface area contributed by atoms with Gasteiger partial charge >= 0.3 is 0 Å². The molecule has 0 aromatic rings. The van der Waals surface area contributed by atoms with Crippen LogP contribution in [-0.4, -0.2) is 53.8 Å². The Kier molecular flexibility index (Phi) is 7.40. The molecule has 0 aliphatic carbocycles. The Balaban J connectivity index is 3.30. The van der Waals surface area contributed by atoms with Gasteiger partial charge in [-0.1, -0.05) is 0 Å². The summed E-state index contributed by atoms with van der Waals surface area (Å²) in [6.45, 7) is 2.15. The third-order valence-corrected chi connectivity index (χ3v) is 1.40. The minimum Gasteiger partial charge on any atom is -0.395 e. The number of hydrogen-bond acceptors (Lipinski definition) is 3. The first-order chi connectivity index (χ1) is 4.85. The number of alkyl halides is 1. The lowest BCUT2D eigenvalue weighted by molar-refractivity contribution is 0.167. The van der Waals surface area contributed by atoms with Crippen molar-refractivity contribution in [3.63, 3.8) is 0 Å². The molecule has 0 fully saturated rings. The van der Waals surface area contributed by atoms with Crippen LogP contribution in [0.15, 0.2) is 0 Å². The van der Waals surface area contributed by atoms with Crippen LogP contribution >= 0.6 is 11.6 Å². The van der Waals surface area contributed by atoms with E-state index in [2.05, 4.69) is 0 Å². The highest BCUT2D eigenvalue weighted by Gasteiger charge is 2.00. The molecule has 0 aromatic heterocycles. The van der Waals surface area contributed by atoms with Crippen molar-refractivity contribution in [2.75, 3.05) is 38.7 Å². The van der Waals surface area contributed by atoms with E-state index in [1.165, 1.54) is 0 Å². The monoisotopic (exact) mass is 167 g/mol. The molecule has 0 aliphatic heterocycles. The minimum atomic E-state index is 0.122. The Morgan fingerprint density at radius 1 is 1.00 bits per heavy atom. The van der Waals surface area contributed by atoms with Crippen molar-refractivity contribution in [1.29, 1.82) is 0 Å². The summed E-state index contributed by atoms with van der Waals surface area (Å²) >= 11 is 5.46. The average molecular weight is 168 g/mol. The maximum Gasteiger partial charge on any atom is 0.0558 e. The van der Waals surface area contributed by atoms with Crippen molar-refractivity contribution in [3.8, 4) is 0 Å². The summed E-state index contributed by atoms with van der Waals surface area (Å²) in [5.74, 6) is 0.542. The van der Waals surface area contributed by atoms with Crippen molar-refractivity contribution in [3.05, 3.63) is 0 Å². The fraction of sp³-hybridized carbons (Fsp3) is 1.00. The largest absolute Gasteiger partial charge is 0.395 e. The van der Waals surface area contributed by atoms with Crippen LogP contribution in [0.3, 0.4) is 0 Å². The molecule has 0 saturated carbocycles. The topological polar surface area (TPSA) is 43.7 Å². The zero-order chi connectivity index (χ0) is 7.82. The van der Waals surface area contributed by atoms with E-state index in [0.29, 0.717) is 19.0 Å². The number of aliphatic hydroxyl groups excluding tert-OH is 2. The molecule has 4 heteroatoms. The van der Waals surface area contributed by atoms with Gasteiger partial charge in [-0.3, -0.25) is 4.90 Å². The molecule has 0 spiro atoms. The van der Waals surface area contributed by atoms with E-state index < -0.39 is 0 Å². The molecule has 0 aliphatic rings. The van der Waals surface area contributed by atoms with E-state index in [-0.39, 0.29) is 13.2 Å². The van der Waals surface area contributed by atoms with Gasteiger partial charge in [0.15, 0.2) is 0 Å². The number of rotatable bonds is 6. The third kappa shape index (κ3) is 4.99. The second-order valence-electron chi connectivity index (χ2n) is 1.98. The van der Waals surface area contributed by atoms with Gasteiger partial charge in [0.2, 0.25) is 0 Å². The van der Waals surface area contributed by atoms with Crippen molar-refractivity contribution in [2.24, 2.45) is 0 Å². The highest BCUT2D eigenvalue weighted by atomic mass is 35.5. The summed E-state index contributed by atoms with van der Waals surface area (Å²) in [5, 5.41) is 17.0. The van der Waals surface area contributed by atoms with Crippen LogP contribution in [0.4, 0.5) is 0 Å². The Bertz CT molecular complexity index is 58.5. The van der Waals surface area contributed by atoms with Gasteiger partial charge in [0.05, 0.1) is 13.2 Å². The maximum absolute atomic E-state index is 8.52. The molecule has 0 bridgehead atoms. The van der Waals surface area contributed by atoms with E-state index in [1.54, 1.807) is 0 Å². The Morgan fingerprint density at radius 3 is 1.80 bits per heavy atom. The smallest absolute Gasteiger partial charge is 0.0558 e. The van der Waals surface area contributed by atoms with Crippen molar-refractivity contribution in [1.82, 2.24) is 4.90 Å². The summed E-state index contributed by atoms with van der Waals surface area (Å²) in [6.07, 6.45) is 0. The first-order valence-electron chi connectivity index (χ1n) is 3.35. The lowest BCUT2D eigenvalue weighted by atomic mass is 10.5. The lowest BCUT2D eigenvalue weighted by Gasteiger charge is -2.17. The molecule has 0 heterocycles. The zero-order valence-electron chi connectivity index (χ0n) is 5.96. The fourth-order valence-corrected chi connectivity index (χ4v) is 0.977. The van der Waals surface area contributed by atoms with Crippen LogP contribution in [0.2, 0.25) is 0 Å². The van der Waals surface area contributed by atoms with Gasteiger partial charge in [0, 0.05) is 25.5 Å². The second-order valence-corrected chi connectivity index (χ2v) is 2.36. The molecule has 0 saturated heterocycles. The summed E-state index contributed by atoms with van der Waals surface area (Å²) < 4.78 is 0. The molecule has 0 unspecified atom stereocenters. The van der Waals surface area contributed by atoms with Gasteiger partial charge in [-0.05, 0) is 0 Å². The quantitative estimate of drug-likeness (QED) is 0.525. The fourth-order valence-electron chi connectivity index (χ4n) is 0.738. The Labute approximate surface area is 66.2 Å². The Morgan fingerprint density at radius 2 is 1.50 bits per heavy atom. The van der Waals surface area contributed by atoms with E-state index in [0.717, 1.165) is 6.54 Å². The van der Waals surface area contributed by atoms with E-state index >= 15 is 0 Å². The molecular weight excluding hydrogens is 154 g/mol. The molecule has 3 nitrogen and oxygen atoms in total. The predicted molar refractivity (Wildman–Crippen MR) is 41.3 cm³/mol. The summed E-state index contributed by atoms with van der Waals surface area (Å²) in [6, 6.07) is 0. The summed E-state index contributed by atoms with van der Waals surface area (Å²) in [7, 11) is 0. The maximum atomic E-state index is 8.52. The van der Waals surface area contributed by atoms with Crippen molar-refractivity contribution in [2.45, 2.75) is 0 Å². The molecule has 10 heavy (non-hydrogen) atoms. The summed E-state index contributed by atoms with van der Waals surface area (Å²) in [5.41, 5.74) is 0. The average Bonchev–Trinajstić information content (AvgIpc) is 1.90. The normalized spacial score (nSPS) is 10.8. The second kappa shape index (κ2) is 7.28. The van der Waals surface area contributed by atoms with E-state index in [1.807, 2.05) is 4.90 Å². The molecule has 0 radical (unpaired) electrons. The van der Waals surface area contributed by atoms with Crippen LogP contribution < -0.4 is 0 Å². The first-order valence-corrected chi connectivity index (χ1v) is 3.88. The lowest BCUT2D eigenvalue weighted by Crippen LogP contribution is -2.31. The van der Waals surface area contributed by atoms with Gasteiger partial charge < -0.3 is 10.2 Å². The SMILES string of the molecule is OCCN(CCO)CCCl. The predicted octanol–water partition coefficient (Wildman–Crippen LogP) is -0.488. The van der Waals surface area contributed by atoms with Gasteiger partial charge in [-0.2, -0.15) is 0 Å². The first kappa shape index (κ1) is 10.2. The van der Waals surface area contributed by atoms with Crippen LogP contribution in [0, 0.1) is 0 Å². The minimum absolute atomic E-state index is 0.122. The van der Waals surface area contributed by atoms with Crippen LogP contribution in [0.1, 0.15) is 0 Å². The molecular formula is C6H14ClNO2. The van der Waals surface area contributed by atoms with Gasteiger partial charge in [0.1, 0.15) is 0 Å². The molecule has 0 amide bonds. The molecule has 0 rings (SSSR count). The number of halogens is 1. The molecule has 2 N–H and O–H groups in total. The zero-order valence-corrected chi connectivity index (χ0v) is 6.72.